The molecule has 0 aromatic carbocycles. The van der Waals surface area contributed by atoms with Gasteiger partial charge in [-0.25, -0.2) is 4.57 Å². The van der Waals surface area contributed by atoms with Crippen LogP contribution in [0.4, 0.5) is 0 Å². The fraction of sp³-hybridized carbons (Fsp3) is 0.879. The molecular formula is C58H109O11P. The van der Waals surface area contributed by atoms with Crippen LogP contribution in [-0.2, 0) is 42.2 Å². The number of hydrogen-bond acceptors (Lipinski definition) is 10. The van der Waals surface area contributed by atoms with Gasteiger partial charge in [0.2, 0.25) is 0 Å². The van der Waals surface area contributed by atoms with Crippen LogP contribution in [0.1, 0.15) is 290 Å². The maximum absolute atomic E-state index is 12.9. The summed E-state index contributed by atoms with van der Waals surface area (Å²) in [6.45, 7) is 4.64. The third-order valence-electron chi connectivity index (χ3n) is 12.8. The first-order chi connectivity index (χ1) is 34.2. The molecule has 0 bridgehead atoms. The largest absolute Gasteiger partial charge is 0.472 e. The van der Waals surface area contributed by atoms with Crippen molar-refractivity contribution in [3.8, 4) is 0 Å². The van der Waals surface area contributed by atoms with E-state index >= 15 is 0 Å². The van der Waals surface area contributed by atoms with E-state index in [4.69, 9.17) is 23.3 Å². The van der Waals surface area contributed by atoms with Gasteiger partial charge in [-0.3, -0.25) is 23.4 Å². The van der Waals surface area contributed by atoms with E-state index in [2.05, 4.69) is 45.1 Å². The summed E-state index contributed by atoms with van der Waals surface area (Å²) in [5.74, 6) is -1.45. The van der Waals surface area contributed by atoms with Gasteiger partial charge in [0.25, 0.3) is 0 Å². The van der Waals surface area contributed by atoms with Gasteiger partial charge in [0, 0.05) is 19.3 Å². The van der Waals surface area contributed by atoms with Gasteiger partial charge in [-0.1, -0.05) is 225 Å². The van der Waals surface area contributed by atoms with Crippen molar-refractivity contribution in [2.24, 2.45) is 0 Å². The second kappa shape index (κ2) is 53.3. The smallest absolute Gasteiger partial charge is 0.462 e. The minimum absolute atomic E-state index is 0.166. The standard InChI is InChI=1S/C58H109O11P/c1-4-7-10-13-16-19-21-23-25-27-29-31-33-36-38-41-44-47-56(60)65-51-55(69-58(62)49-46-43-40-37-34-32-30-28-26-24-22-20-17-14-11-8-5-2)53-67-70(63,64)66-52-54(50-59)68-57(61)48-45-42-39-35-18-15-12-9-6-3/h23-26,54-55,59H,4-22,27-53H2,1-3H3,(H,63,64)/b25-23-,26-24-. The zero-order valence-corrected chi connectivity index (χ0v) is 46.4. The maximum Gasteiger partial charge on any atom is 0.472 e. The molecule has 12 heteroatoms. The highest BCUT2D eigenvalue weighted by Gasteiger charge is 2.28. The van der Waals surface area contributed by atoms with Gasteiger partial charge in [-0.15, -0.1) is 0 Å². The van der Waals surface area contributed by atoms with Gasteiger partial charge < -0.3 is 24.2 Å². The zero-order valence-electron chi connectivity index (χ0n) is 45.5. The molecule has 0 amide bonds. The molecule has 0 aliphatic rings. The predicted octanol–water partition coefficient (Wildman–Crippen LogP) is 17.0. The second-order valence-corrected chi connectivity index (χ2v) is 21.3. The van der Waals surface area contributed by atoms with E-state index in [0.29, 0.717) is 19.3 Å². The van der Waals surface area contributed by atoms with E-state index in [1.807, 2.05) is 0 Å². The van der Waals surface area contributed by atoms with Crippen LogP contribution < -0.4 is 0 Å². The molecule has 0 saturated carbocycles. The third kappa shape index (κ3) is 50.9. The van der Waals surface area contributed by atoms with Crippen molar-refractivity contribution >= 4 is 25.7 Å². The Kier molecular flexibility index (Phi) is 51.7. The van der Waals surface area contributed by atoms with Crippen molar-refractivity contribution in [1.82, 2.24) is 0 Å². The van der Waals surface area contributed by atoms with E-state index in [0.717, 1.165) is 70.6 Å². The van der Waals surface area contributed by atoms with Gasteiger partial charge in [0.05, 0.1) is 19.8 Å². The molecule has 0 aromatic rings. The van der Waals surface area contributed by atoms with Gasteiger partial charge in [0.1, 0.15) is 12.7 Å². The van der Waals surface area contributed by atoms with E-state index < -0.39 is 57.8 Å². The number of aliphatic hydroxyl groups is 1. The van der Waals surface area contributed by atoms with Crippen LogP contribution in [0, 0.1) is 0 Å². The number of allylic oxidation sites excluding steroid dienone is 4. The van der Waals surface area contributed by atoms with Crippen LogP contribution in [0.15, 0.2) is 24.3 Å². The predicted molar refractivity (Wildman–Crippen MR) is 289 cm³/mol. The number of phosphoric ester groups is 1. The lowest BCUT2D eigenvalue weighted by Gasteiger charge is -2.21. The van der Waals surface area contributed by atoms with Crippen molar-refractivity contribution in [2.45, 2.75) is 303 Å². The van der Waals surface area contributed by atoms with Gasteiger partial charge >= 0.3 is 25.7 Å². The van der Waals surface area contributed by atoms with Crippen molar-refractivity contribution in [3.63, 3.8) is 0 Å². The average molecular weight is 1010 g/mol. The number of carbonyl (C=O) groups is 3. The number of hydrogen-bond donors (Lipinski definition) is 2. The molecule has 11 nitrogen and oxygen atoms in total. The van der Waals surface area contributed by atoms with Crippen LogP contribution in [0.3, 0.4) is 0 Å². The number of phosphoric acid groups is 1. The topological polar surface area (TPSA) is 155 Å². The first kappa shape index (κ1) is 68.0. The Bertz CT molecular complexity index is 1270. The van der Waals surface area contributed by atoms with E-state index in [1.54, 1.807) is 0 Å². The molecule has 0 aromatic heterocycles. The fourth-order valence-electron chi connectivity index (χ4n) is 8.35. The van der Waals surface area contributed by atoms with Crippen molar-refractivity contribution in [2.75, 3.05) is 26.4 Å². The molecule has 2 N–H and O–H groups in total. The molecule has 0 aliphatic heterocycles. The Hall–Kier alpha value is -2.04. The van der Waals surface area contributed by atoms with Crippen LogP contribution in [0.2, 0.25) is 0 Å². The number of ether oxygens (including phenoxy) is 3. The number of rotatable bonds is 55. The van der Waals surface area contributed by atoms with Crippen molar-refractivity contribution in [3.05, 3.63) is 24.3 Å². The first-order valence-corrected chi connectivity index (χ1v) is 30.7. The summed E-state index contributed by atoms with van der Waals surface area (Å²) in [6.07, 6.45) is 52.9. The summed E-state index contributed by atoms with van der Waals surface area (Å²) >= 11 is 0. The van der Waals surface area contributed by atoms with E-state index in [9.17, 15) is 28.9 Å². The Morgan fingerprint density at radius 3 is 0.986 bits per heavy atom. The zero-order chi connectivity index (χ0) is 51.3. The van der Waals surface area contributed by atoms with Crippen LogP contribution >= 0.6 is 7.82 Å². The Labute approximate surface area is 429 Å². The summed E-state index contributed by atoms with van der Waals surface area (Å²) < 4.78 is 39.5. The van der Waals surface area contributed by atoms with Crippen molar-refractivity contribution < 1.29 is 52.2 Å². The second-order valence-electron chi connectivity index (χ2n) is 19.8. The minimum atomic E-state index is -4.74. The van der Waals surface area contributed by atoms with Crippen molar-refractivity contribution in [1.29, 1.82) is 0 Å². The highest BCUT2D eigenvalue weighted by molar-refractivity contribution is 7.47. The quantitative estimate of drug-likeness (QED) is 0.0197. The highest BCUT2D eigenvalue weighted by Crippen LogP contribution is 2.43. The molecule has 412 valence electrons. The molecule has 0 saturated heterocycles. The SMILES string of the molecule is CCCCCCCC/C=C\CCCCCCCCCC(=O)OCC(COP(=O)(O)OCC(CO)OC(=O)CCCCCCCCCCC)OC(=O)CCCCCCCCC/C=C\CCCCCCCC. The maximum atomic E-state index is 12.9. The summed E-state index contributed by atoms with van der Waals surface area (Å²) in [6, 6.07) is 0. The molecule has 70 heavy (non-hydrogen) atoms. The molecule has 3 unspecified atom stereocenters. The minimum Gasteiger partial charge on any atom is -0.462 e. The van der Waals surface area contributed by atoms with E-state index in [1.165, 1.54) is 161 Å². The van der Waals surface area contributed by atoms with Crippen LogP contribution in [-0.4, -0.2) is 66.5 Å². The van der Waals surface area contributed by atoms with Crippen LogP contribution in [0.25, 0.3) is 0 Å². The summed E-state index contributed by atoms with van der Waals surface area (Å²) in [5.41, 5.74) is 0. The number of unbranched alkanes of at least 4 members (excludes halogenated alkanes) is 34. The monoisotopic (exact) mass is 1010 g/mol. The normalized spacial score (nSPS) is 13.5. The Morgan fingerprint density at radius 2 is 0.657 bits per heavy atom. The lowest BCUT2D eigenvalue weighted by atomic mass is 10.1. The number of esters is 3. The van der Waals surface area contributed by atoms with Gasteiger partial charge in [0.15, 0.2) is 6.10 Å². The van der Waals surface area contributed by atoms with Gasteiger partial charge in [-0.2, -0.15) is 0 Å². The molecule has 0 aliphatic carbocycles. The lowest BCUT2D eigenvalue weighted by Crippen LogP contribution is -2.30. The molecule has 0 heterocycles. The summed E-state index contributed by atoms with van der Waals surface area (Å²) in [5, 5.41) is 9.77. The van der Waals surface area contributed by atoms with E-state index in [-0.39, 0.29) is 25.9 Å². The van der Waals surface area contributed by atoms with Crippen LogP contribution in [0.5, 0.6) is 0 Å². The Balaban J connectivity index is 4.69. The number of carbonyl (C=O) groups excluding carboxylic acids is 3. The van der Waals surface area contributed by atoms with Gasteiger partial charge in [-0.05, 0) is 70.6 Å². The Morgan fingerprint density at radius 1 is 0.386 bits per heavy atom. The fourth-order valence-corrected chi connectivity index (χ4v) is 9.13. The molecular weight excluding hydrogens is 904 g/mol. The lowest BCUT2D eigenvalue weighted by molar-refractivity contribution is -0.161. The summed E-state index contributed by atoms with van der Waals surface area (Å²) in [7, 11) is -4.74. The molecule has 0 rings (SSSR count). The molecule has 3 atom stereocenters. The molecule has 0 spiro atoms. The molecule has 0 fully saturated rings. The third-order valence-corrected chi connectivity index (χ3v) is 13.8. The summed E-state index contributed by atoms with van der Waals surface area (Å²) in [4.78, 5) is 48.4. The molecule has 0 radical (unpaired) electrons. The average Bonchev–Trinajstić information content (AvgIpc) is 3.35. The highest BCUT2D eigenvalue weighted by atomic mass is 31.2. The number of aliphatic hydroxyl groups excluding tert-OH is 1. The first-order valence-electron chi connectivity index (χ1n) is 29.2.